The van der Waals surface area contributed by atoms with Crippen LogP contribution in [0.15, 0.2) is 32.2 Å². The van der Waals surface area contributed by atoms with Crippen LogP contribution in [0.1, 0.15) is 19.4 Å². The van der Waals surface area contributed by atoms with Crippen LogP contribution < -0.4 is 4.90 Å². The Balaban J connectivity index is 1.60. The Morgan fingerprint density at radius 3 is 2.87 bits per heavy atom. The van der Waals surface area contributed by atoms with Gasteiger partial charge in [0.05, 0.1) is 34.7 Å². The third kappa shape index (κ3) is 2.53. The molecule has 1 fully saturated rings. The van der Waals surface area contributed by atoms with Gasteiger partial charge in [0.25, 0.3) is 0 Å². The van der Waals surface area contributed by atoms with Crippen molar-refractivity contribution in [1.82, 2.24) is 10.1 Å². The lowest BCUT2D eigenvalue weighted by Gasteiger charge is -2.54. The number of morpholine rings is 1. The van der Waals surface area contributed by atoms with Crippen LogP contribution in [-0.2, 0) is 11.2 Å². The predicted molar refractivity (Wildman–Crippen MR) is 119 cm³/mol. The maximum Gasteiger partial charge on any atom is 0.188 e. The fourth-order valence-electron chi connectivity index (χ4n) is 5.29. The molecule has 3 aliphatic heterocycles. The van der Waals surface area contributed by atoms with Crippen molar-refractivity contribution in [2.75, 3.05) is 18.1 Å². The summed E-state index contributed by atoms with van der Waals surface area (Å²) in [5.74, 6) is 0. The minimum Gasteiger partial charge on any atom is -0.372 e. The molecule has 1 saturated heterocycles. The Labute approximate surface area is 182 Å². The Morgan fingerprint density at radius 1 is 1.27 bits per heavy atom. The summed E-state index contributed by atoms with van der Waals surface area (Å²) in [4.78, 5) is 15.8. The Bertz CT molecular complexity index is 1180. The lowest BCUT2D eigenvalue weighted by molar-refractivity contribution is -0.0429. The second-order valence-corrected chi connectivity index (χ2v) is 9.52. The van der Waals surface area contributed by atoms with Gasteiger partial charge in [0.2, 0.25) is 0 Å². The van der Waals surface area contributed by atoms with Crippen molar-refractivity contribution in [3.8, 4) is 10.7 Å². The van der Waals surface area contributed by atoms with Gasteiger partial charge in [-0.25, -0.2) is 4.98 Å². The van der Waals surface area contributed by atoms with Crippen LogP contribution in [0.2, 0.25) is 5.02 Å². The molecule has 0 bridgehead atoms. The maximum absolute atomic E-state index is 6.98. The molecular formula is C21H20ClN5O2S. The molecule has 3 atom stereocenters. The van der Waals surface area contributed by atoms with E-state index in [9.17, 15) is 0 Å². The largest absolute Gasteiger partial charge is 0.372 e. The molecule has 154 valence electrons. The lowest BCUT2D eigenvalue weighted by atomic mass is 9.69. The number of rotatable bonds is 1. The van der Waals surface area contributed by atoms with Gasteiger partial charge < -0.3 is 14.2 Å². The molecule has 1 spiro atoms. The summed E-state index contributed by atoms with van der Waals surface area (Å²) in [6.07, 6.45) is 6.73. The molecule has 0 saturated carbocycles. The normalized spacial score (nSPS) is 26.9. The molecule has 1 aromatic carbocycles. The number of halogens is 1. The smallest absolute Gasteiger partial charge is 0.188 e. The number of thiazole rings is 1. The van der Waals surface area contributed by atoms with E-state index in [1.54, 1.807) is 6.20 Å². The van der Waals surface area contributed by atoms with Crippen molar-refractivity contribution in [2.24, 2.45) is 15.4 Å². The molecule has 0 aliphatic carbocycles. The van der Waals surface area contributed by atoms with Gasteiger partial charge in [-0.2, -0.15) is 0 Å². The highest BCUT2D eigenvalue weighted by molar-refractivity contribution is 7.13. The van der Waals surface area contributed by atoms with Crippen molar-refractivity contribution < 1.29 is 9.26 Å². The first-order valence-corrected chi connectivity index (χ1v) is 11.3. The summed E-state index contributed by atoms with van der Waals surface area (Å²) < 4.78 is 11.9. The second kappa shape index (κ2) is 6.60. The fraction of sp³-hybridized carbons (Fsp3) is 0.429. The molecule has 6 rings (SSSR count). The fourth-order valence-corrected chi connectivity index (χ4v) is 6.28. The monoisotopic (exact) mass is 441 g/mol. The number of aliphatic imine (C=N–C) groups is 2. The first-order chi connectivity index (χ1) is 14.6. The van der Waals surface area contributed by atoms with Crippen LogP contribution >= 0.6 is 22.9 Å². The van der Waals surface area contributed by atoms with Crippen molar-refractivity contribution in [3.63, 3.8) is 0 Å². The van der Waals surface area contributed by atoms with Crippen LogP contribution in [-0.4, -0.2) is 54.0 Å². The number of anilines is 1. The molecule has 5 heterocycles. The molecule has 3 aliphatic rings. The summed E-state index contributed by atoms with van der Waals surface area (Å²) in [6.45, 7) is 5.44. The Morgan fingerprint density at radius 2 is 2.10 bits per heavy atom. The highest BCUT2D eigenvalue weighted by Gasteiger charge is 2.52. The van der Waals surface area contributed by atoms with E-state index in [1.165, 1.54) is 11.3 Å². The second-order valence-electron chi connectivity index (χ2n) is 8.25. The SMILES string of the molecule is C[C@H]1CN2c3c(cc4c(-c5nccs5)noc4c3Cl)CC3(C=NCN=C3)[C@@H]2[C@@H](C)O1. The quantitative estimate of drug-likeness (QED) is 0.564. The average molecular weight is 442 g/mol. The van der Waals surface area contributed by atoms with Crippen LogP contribution in [0.5, 0.6) is 0 Å². The number of aromatic nitrogens is 2. The van der Waals surface area contributed by atoms with E-state index in [2.05, 4.69) is 57.4 Å². The van der Waals surface area contributed by atoms with Gasteiger partial charge in [-0.3, -0.25) is 9.98 Å². The van der Waals surface area contributed by atoms with E-state index in [-0.39, 0.29) is 23.7 Å². The van der Waals surface area contributed by atoms with E-state index in [4.69, 9.17) is 20.9 Å². The third-order valence-electron chi connectivity index (χ3n) is 6.24. The summed E-state index contributed by atoms with van der Waals surface area (Å²) in [6, 6.07) is 2.22. The molecule has 3 aromatic rings. The van der Waals surface area contributed by atoms with E-state index < -0.39 is 0 Å². The van der Waals surface area contributed by atoms with Crippen LogP contribution in [0, 0.1) is 5.41 Å². The minimum absolute atomic E-state index is 0.00488. The summed E-state index contributed by atoms with van der Waals surface area (Å²) in [7, 11) is 0. The van der Waals surface area contributed by atoms with Crippen molar-refractivity contribution in [1.29, 1.82) is 0 Å². The summed E-state index contributed by atoms with van der Waals surface area (Å²) in [5, 5.41) is 8.54. The number of hydrogen-bond donors (Lipinski definition) is 0. The number of hydrogen-bond acceptors (Lipinski definition) is 8. The average Bonchev–Trinajstić information content (AvgIpc) is 3.37. The van der Waals surface area contributed by atoms with E-state index in [1.807, 2.05) is 5.38 Å². The highest BCUT2D eigenvalue weighted by atomic mass is 35.5. The van der Waals surface area contributed by atoms with Gasteiger partial charge >= 0.3 is 0 Å². The van der Waals surface area contributed by atoms with Crippen molar-refractivity contribution >= 4 is 52.0 Å². The predicted octanol–water partition coefficient (Wildman–Crippen LogP) is 4.24. The number of ether oxygens (including phenoxy) is 1. The zero-order chi connectivity index (χ0) is 20.5. The molecule has 7 nitrogen and oxygen atoms in total. The first-order valence-electron chi connectivity index (χ1n) is 10.0. The van der Waals surface area contributed by atoms with Gasteiger partial charge in [0.15, 0.2) is 5.58 Å². The van der Waals surface area contributed by atoms with E-state index >= 15 is 0 Å². The van der Waals surface area contributed by atoms with E-state index in [0.29, 0.717) is 17.3 Å². The van der Waals surface area contributed by atoms with Crippen LogP contribution in [0.3, 0.4) is 0 Å². The topological polar surface area (TPSA) is 76.1 Å². The van der Waals surface area contributed by atoms with Gasteiger partial charge in [-0.15, -0.1) is 11.3 Å². The lowest BCUT2D eigenvalue weighted by Crippen LogP contribution is -2.65. The van der Waals surface area contributed by atoms with E-state index in [0.717, 1.165) is 40.3 Å². The van der Waals surface area contributed by atoms with Crippen LogP contribution in [0.4, 0.5) is 5.69 Å². The summed E-state index contributed by atoms with van der Waals surface area (Å²) in [5.41, 5.74) is 3.16. The first kappa shape index (κ1) is 18.5. The van der Waals surface area contributed by atoms with Gasteiger partial charge in [-0.05, 0) is 31.9 Å². The number of benzene rings is 1. The molecule has 2 aromatic heterocycles. The summed E-state index contributed by atoms with van der Waals surface area (Å²) >= 11 is 8.51. The zero-order valence-electron chi connectivity index (χ0n) is 16.6. The van der Waals surface area contributed by atoms with Crippen molar-refractivity contribution in [2.45, 2.75) is 38.5 Å². The minimum atomic E-state index is -0.333. The highest BCUT2D eigenvalue weighted by Crippen LogP contribution is 2.50. The molecule has 0 amide bonds. The molecule has 0 unspecified atom stereocenters. The van der Waals surface area contributed by atoms with Gasteiger partial charge in [0, 0.05) is 30.6 Å². The zero-order valence-corrected chi connectivity index (χ0v) is 18.2. The Hall–Kier alpha value is -2.29. The molecule has 9 heteroatoms. The standard InChI is InChI=1S/C21H20ClN5O2S/c1-11-7-27-17-13(6-21(8-23-10-24-9-21)19(27)12(2)28-11)5-14-16(20-25-3-4-30-20)26-29-18(14)15(17)22/h3-5,8-9,11-12,19H,6-7,10H2,1-2H3/t11-,12+,19-/m0/s1. The molecule has 30 heavy (non-hydrogen) atoms. The van der Waals surface area contributed by atoms with Gasteiger partial charge in [0.1, 0.15) is 22.4 Å². The molecule has 0 radical (unpaired) electrons. The third-order valence-corrected chi connectivity index (χ3v) is 7.37. The number of nitrogens with zero attached hydrogens (tertiary/aromatic N) is 5. The molecular weight excluding hydrogens is 422 g/mol. The Kier molecular flexibility index (Phi) is 4.07. The van der Waals surface area contributed by atoms with Crippen molar-refractivity contribution in [3.05, 3.63) is 28.2 Å². The molecule has 0 N–H and O–H groups in total. The van der Waals surface area contributed by atoms with Crippen LogP contribution in [0.25, 0.3) is 21.7 Å². The van der Waals surface area contributed by atoms with Gasteiger partial charge in [-0.1, -0.05) is 16.8 Å². The maximum atomic E-state index is 6.98. The number of fused-ring (bicyclic) bond motifs is 5.